The van der Waals surface area contributed by atoms with Gasteiger partial charge >= 0.3 is 0 Å². The molecule has 0 bridgehead atoms. The van der Waals surface area contributed by atoms with Gasteiger partial charge in [0, 0.05) is 32.5 Å². The molecule has 2 aliphatic rings. The zero-order valence-electron chi connectivity index (χ0n) is 11.0. The predicted molar refractivity (Wildman–Crippen MR) is 67.8 cm³/mol. The number of hydrogen-bond donors (Lipinski definition) is 0. The van der Waals surface area contributed by atoms with Crippen LogP contribution in [0.4, 0.5) is 0 Å². The molecule has 1 aliphatic carbocycles. The number of nitrogens with zero attached hydrogens (tertiary/aromatic N) is 1. The van der Waals surface area contributed by atoms with Gasteiger partial charge in [-0.05, 0) is 25.2 Å². The average molecular weight is 239 g/mol. The maximum atomic E-state index is 12.1. The molecular weight excluding hydrogens is 214 g/mol. The second kappa shape index (κ2) is 6.39. The monoisotopic (exact) mass is 239 g/mol. The molecule has 1 heterocycles. The topological polar surface area (TPSA) is 29.5 Å². The molecule has 98 valence electrons. The van der Waals surface area contributed by atoms with Crippen LogP contribution in [0.1, 0.15) is 44.9 Å². The molecule has 2 rings (SSSR count). The lowest BCUT2D eigenvalue weighted by molar-refractivity contribution is -0.131. The lowest BCUT2D eigenvalue weighted by atomic mass is 9.86. The standard InChI is InChI=1S/C14H25NO2/c1-15(10-13-7-8-17-11-13)14(16)9-12-5-3-2-4-6-12/h12-13H,2-11H2,1H3. The predicted octanol–water partition coefficient (Wildman–Crippen LogP) is 2.45. The zero-order chi connectivity index (χ0) is 12.1. The summed E-state index contributed by atoms with van der Waals surface area (Å²) in [5, 5.41) is 0. The number of carbonyl (C=O) groups is 1. The molecule has 1 atom stereocenters. The van der Waals surface area contributed by atoms with Gasteiger partial charge in [0.05, 0.1) is 6.61 Å². The van der Waals surface area contributed by atoms with Crippen LogP contribution in [-0.2, 0) is 9.53 Å². The molecule has 1 unspecified atom stereocenters. The second-order valence-electron chi connectivity index (χ2n) is 5.71. The zero-order valence-corrected chi connectivity index (χ0v) is 11.0. The number of rotatable bonds is 4. The van der Waals surface area contributed by atoms with Gasteiger partial charge < -0.3 is 9.64 Å². The van der Waals surface area contributed by atoms with E-state index in [2.05, 4.69) is 0 Å². The van der Waals surface area contributed by atoms with Crippen LogP contribution in [0, 0.1) is 11.8 Å². The van der Waals surface area contributed by atoms with Crippen molar-refractivity contribution in [2.24, 2.45) is 11.8 Å². The first-order chi connectivity index (χ1) is 8.25. The Kier molecular flexibility index (Phi) is 4.84. The van der Waals surface area contributed by atoms with Crippen molar-refractivity contribution in [3.05, 3.63) is 0 Å². The summed E-state index contributed by atoms with van der Waals surface area (Å²) in [5.41, 5.74) is 0. The van der Waals surface area contributed by atoms with Crippen LogP contribution in [0.5, 0.6) is 0 Å². The largest absolute Gasteiger partial charge is 0.381 e. The van der Waals surface area contributed by atoms with E-state index >= 15 is 0 Å². The number of carbonyl (C=O) groups excluding carboxylic acids is 1. The summed E-state index contributed by atoms with van der Waals surface area (Å²) in [5.74, 6) is 1.55. The van der Waals surface area contributed by atoms with Crippen molar-refractivity contribution >= 4 is 5.91 Å². The Hall–Kier alpha value is -0.570. The molecule has 0 spiro atoms. The summed E-state index contributed by atoms with van der Waals surface area (Å²) in [6.07, 6.45) is 8.39. The summed E-state index contributed by atoms with van der Waals surface area (Å²) in [6, 6.07) is 0. The van der Waals surface area contributed by atoms with Crippen LogP contribution < -0.4 is 0 Å². The summed E-state index contributed by atoms with van der Waals surface area (Å²) < 4.78 is 5.35. The first-order valence-corrected chi connectivity index (χ1v) is 7.07. The molecule has 1 aliphatic heterocycles. The summed E-state index contributed by atoms with van der Waals surface area (Å²) in [4.78, 5) is 14.0. The number of ether oxygens (including phenoxy) is 1. The highest BCUT2D eigenvalue weighted by Crippen LogP contribution is 2.27. The smallest absolute Gasteiger partial charge is 0.222 e. The Bertz CT molecular complexity index is 243. The van der Waals surface area contributed by atoms with Gasteiger partial charge in [-0.25, -0.2) is 0 Å². The van der Waals surface area contributed by atoms with Gasteiger partial charge in [0.2, 0.25) is 5.91 Å². The molecule has 0 aromatic rings. The molecule has 0 aromatic carbocycles. The van der Waals surface area contributed by atoms with E-state index in [1.807, 2.05) is 11.9 Å². The van der Waals surface area contributed by atoms with E-state index < -0.39 is 0 Å². The van der Waals surface area contributed by atoms with Crippen LogP contribution in [0.25, 0.3) is 0 Å². The van der Waals surface area contributed by atoms with Crippen molar-refractivity contribution in [2.75, 3.05) is 26.8 Å². The molecular formula is C14H25NO2. The van der Waals surface area contributed by atoms with Crippen LogP contribution >= 0.6 is 0 Å². The first kappa shape index (κ1) is 12.9. The lowest BCUT2D eigenvalue weighted by Crippen LogP contribution is -2.33. The Balaban J connectivity index is 1.70. The van der Waals surface area contributed by atoms with E-state index in [9.17, 15) is 4.79 Å². The summed E-state index contributed by atoms with van der Waals surface area (Å²) >= 11 is 0. The maximum absolute atomic E-state index is 12.1. The van der Waals surface area contributed by atoms with Gasteiger partial charge in [0.15, 0.2) is 0 Å². The summed E-state index contributed by atoms with van der Waals surface area (Å²) in [6.45, 7) is 2.59. The molecule has 17 heavy (non-hydrogen) atoms. The second-order valence-corrected chi connectivity index (χ2v) is 5.71. The fourth-order valence-corrected chi connectivity index (χ4v) is 3.01. The van der Waals surface area contributed by atoms with E-state index in [-0.39, 0.29) is 0 Å². The van der Waals surface area contributed by atoms with Gasteiger partial charge in [-0.3, -0.25) is 4.79 Å². The molecule has 1 saturated heterocycles. The van der Waals surface area contributed by atoms with Gasteiger partial charge in [-0.1, -0.05) is 19.3 Å². The Morgan fingerprint density at radius 3 is 2.59 bits per heavy atom. The average Bonchev–Trinajstić information content (AvgIpc) is 2.83. The third-order valence-corrected chi connectivity index (χ3v) is 4.17. The fraction of sp³-hybridized carbons (Fsp3) is 0.929. The Labute approximate surface area is 105 Å². The molecule has 0 aromatic heterocycles. The van der Waals surface area contributed by atoms with E-state index in [4.69, 9.17) is 4.74 Å². The highest BCUT2D eigenvalue weighted by Gasteiger charge is 2.22. The third-order valence-electron chi connectivity index (χ3n) is 4.17. The SMILES string of the molecule is CN(CC1CCOC1)C(=O)CC1CCCCC1. The fourth-order valence-electron chi connectivity index (χ4n) is 3.01. The van der Waals surface area contributed by atoms with Gasteiger partial charge in [-0.15, -0.1) is 0 Å². The van der Waals surface area contributed by atoms with Gasteiger partial charge in [-0.2, -0.15) is 0 Å². The minimum atomic E-state index is 0.337. The molecule has 3 nitrogen and oxygen atoms in total. The van der Waals surface area contributed by atoms with Crippen LogP contribution in [0.15, 0.2) is 0 Å². The van der Waals surface area contributed by atoms with Crippen molar-refractivity contribution in [2.45, 2.75) is 44.9 Å². The van der Waals surface area contributed by atoms with E-state index in [1.54, 1.807) is 0 Å². The van der Waals surface area contributed by atoms with E-state index in [0.717, 1.165) is 32.6 Å². The quantitative estimate of drug-likeness (QED) is 0.754. The van der Waals surface area contributed by atoms with Crippen molar-refractivity contribution < 1.29 is 9.53 Å². The van der Waals surface area contributed by atoms with Gasteiger partial charge in [0.25, 0.3) is 0 Å². The highest BCUT2D eigenvalue weighted by atomic mass is 16.5. The van der Waals surface area contributed by atoms with Crippen molar-refractivity contribution in [3.63, 3.8) is 0 Å². The van der Waals surface area contributed by atoms with Crippen LogP contribution in [0.2, 0.25) is 0 Å². The van der Waals surface area contributed by atoms with Crippen LogP contribution in [0.3, 0.4) is 0 Å². The molecule has 1 amide bonds. The Morgan fingerprint density at radius 2 is 1.94 bits per heavy atom. The number of hydrogen-bond acceptors (Lipinski definition) is 2. The minimum absolute atomic E-state index is 0.337. The minimum Gasteiger partial charge on any atom is -0.381 e. The molecule has 0 radical (unpaired) electrons. The van der Waals surface area contributed by atoms with Crippen molar-refractivity contribution in [1.82, 2.24) is 4.90 Å². The first-order valence-electron chi connectivity index (χ1n) is 7.07. The van der Waals surface area contributed by atoms with Gasteiger partial charge in [0.1, 0.15) is 0 Å². The van der Waals surface area contributed by atoms with Crippen molar-refractivity contribution in [3.8, 4) is 0 Å². The van der Waals surface area contributed by atoms with Crippen molar-refractivity contribution in [1.29, 1.82) is 0 Å². The van der Waals surface area contributed by atoms with E-state index in [1.165, 1.54) is 32.1 Å². The molecule has 2 fully saturated rings. The molecule has 1 saturated carbocycles. The lowest BCUT2D eigenvalue weighted by Gasteiger charge is -2.25. The molecule has 0 N–H and O–H groups in total. The van der Waals surface area contributed by atoms with E-state index in [0.29, 0.717) is 17.7 Å². The Morgan fingerprint density at radius 1 is 1.18 bits per heavy atom. The van der Waals surface area contributed by atoms with Crippen LogP contribution in [-0.4, -0.2) is 37.6 Å². The highest BCUT2D eigenvalue weighted by molar-refractivity contribution is 5.76. The number of amides is 1. The molecule has 3 heteroatoms. The maximum Gasteiger partial charge on any atom is 0.222 e. The third kappa shape index (κ3) is 3.98. The normalized spacial score (nSPS) is 26.1. The summed E-state index contributed by atoms with van der Waals surface area (Å²) in [7, 11) is 1.95.